The van der Waals surface area contributed by atoms with Crippen LogP contribution in [0.3, 0.4) is 0 Å². The van der Waals surface area contributed by atoms with E-state index in [2.05, 4.69) is 9.67 Å². The van der Waals surface area contributed by atoms with Crippen LogP contribution in [0.4, 0.5) is 0 Å². The Hall–Kier alpha value is -2.60. The van der Waals surface area contributed by atoms with E-state index in [9.17, 15) is 9.59 Å². The van der Waals surface area contributed by atoms with Gasteiger partial charge in [0.25, 0.3) is 5.56 Å². The lowest BCUT2D eigenvalue weighted by Crippen LogP contribution is -2.40. The largest absolute Gasteiger partial charge is 0.343 e. The molecule has 1 fully saturated rings. The molecule has 3 aromatic rings. The monoisotopic (exact) mass is 412 g/mol. The van der Waals surface area contributed by atoms with Gasteiger partial charge in [0.1, 0.15) is 6.54 Å². The summed E-state index contributed by atoms with van der Waals surface area (Å²) in [6, 6.07) is 7.72. The van der Waals surface area contributed by atoms with E-state index in [1.807, 2.05) is 43.0 Å². The summed E-state index contributed by atoms with van der Waals surface area (Å²) in [6.07, 6.45) is 4.92. The zero-order chi connectivity index (χ0) is 20.5. The van der Waals surface area contributed by atoms with Crippen LogP contribution in [0, 0.1) is 13.8 Å². The zero-order valence-corrected chi connectivity index (χ0v) is 17.6. The second-order valence-corrected chi connectivity index (χ2v) is 8.16. The summed E-state index contributed by atoms with van der Waals surface area (Å²) in [5, 5.41) is 6.45. The molecule has 0 aliphatic carbocycles. The fourth-order valence-corrected chi connectivity index (χ4v) is 4.40. The molecule has 1 saturated heterocycles. The van der Waals surface area contributed by atoms with E-state index in [0.29, 0.717) is 17.0 Å². The number of likely N-dealkylation sites (tertiary alicyclic amines) is 1. The Balaban J connectivity index is 1.68. The van der Waals surface area contributed by atoms with Crippen molar-refractivity contribution in [3.8, 4) is 0 Å². The molecular formula is C22H25ClN4O2. The molecule has 4 rings (SSSR count). The molecule has 152 valence electrons. The number of halogens is 1. The van der Waals surface area contributed by atoms with Crippen molar-refractivity contribution in [2.45, 2.75) is 46.2 Å². The lowest BCUT2D eigenvalue weighted by atomic mass is 10.1. The van der Waals surface area contributed by atoms with Gasteiger partial charge in [-0.25, -0.2) is 4.68 Å². The predicted molar refractivity (Wildman–Crippen MR) is 114 cm³/mol. The molecule has 0 N–H and O–H groups in total. The van der Waals surface area contributed by atoms with Gasteiger partial charge in [0.05, 0.1) is 11.6 Å². The molecule has 29 heavy (non-hydrogen) atoms. The number of hydrogen-bond donors (Lipinski definition) is 0. The Labute approximate surface area is 174 Å². The van der Waals surface area contributed by atoms with E-state index in [4.69, 9.17) is 11.6 Å². The summed E-state index contributed by atoms with van der Waals surface area (Å²) in [7, 11) is 0. The van der Waals surface area contributed by atoms with Crippen LogP contribution in [-0.2, 0) is 17.9 Å². The number of hydrogen-bond acceptors (Lipinski definition) is 3. The number of rotatable bonds is 4. The lowest BCUT2D eigenvalue weighted by molar-refractivity contribution is -0.133. The van der Waals surface area contributed by atoms with Crippen molar-refractivity contribution in [1.29, 1.82) is 0 Å². The molecule has 0 spiro atoms. The van der Waals surface area contributed by atoms with Crippen LogP contribution < -0.4 is 5.56 Å². The Kier molecular flexibility index (Phi) is 5.46. The Morgan fingerprint density at radius 2 is 1.90 bits per heavy atom. The third kappa shape index (κ3) is 3.81. The van der Waals surface area contributed by atoms with E-state index in [0.717, 1.165) is 54.7 Å². The van der Waals surface area contributed by atoms with Gasteiger partial charge in [0.2, 0.25) is 5.91 Å². The van der Waals surface area contributed by atoms with Crippen LogP contribution in [0.1, 0.15) is 36.2 Å². The van der Waals surface area contributed by atoms with Crippen molar-refractivity contribution in [2.24, 2.45) is 0 Å². The van der Waals surface area contributed by atoms with Gasteiger partial charge in [-0.2, -0.15) is 5.10 Å². The van der Waals surface area contributed by atoms with Crippen LogP contribution in [-0.4, -0.2) is 38.2 Å². The van der Waals surface area contributed by atoms with E-state index >= 15 is 0 Å². The maximum Gasteiger partial charge on any atom is 0.276 e. The quantitative estimate of drug-likeness (QED) is 0.658. The maximum absolute atomic E-state index is 13.1. The molecule has 0 bridgehead atoms. The van der Waals surface area contributed by atoms with E-state index in [1.54, 1.807) is 6.20 Å². The van der Waals surface area contributed by atoms with Crippen molar-refractivity contribution < 1.29 is 4.79 Å². The fourth-order valence-electron chi connectivity index (χ4n) is 4.18. The topological polar surface area (TPSA) is 60.1 Å². The van der Waals surface area contributed by atoms with E-state index in [1.165, 1.54) is 4.68 Å². The molecule has 6 nitrogen and oxygen atoms in total. The normalized spacial score (nSPS) is 14.5. The highest BCUT2D eigenvalue weighted by atomic mass is 35.5. The van der Waals surface area contributed by atoms with Gasteiger partial charge in [0.15, 0.2) is 0 Å². The lowest BCUT2D eigenvalue weighted by Gasteiger charge is -2.26. The van der Waals surface area contributed by atoms with Crippen molar-refractivity contribution in [1.82, 2.24) is 19.2 Å². The smallest absolute Gasteiger partial charge is 0.276 e. The highest BCUT2D eigenvalue weighted by Crippen LogP contribution is 2.24. The van der Waals surface area contributed by atoms with Gasteiger partial charge >= 0.3 is 0 Å². The number of carbonyl (C=O) groups is 1. The summed E-state index contributed by atoms with van der Waals surface area (Å²) < 4.78 is 3.41. The molecule has 0 unspecified atom stereocenters. The maximum atomic E-state index is 13.1. The van der Waals surface area contributed by atoms with Crippen LogP contribution in [0.15, 0.2) is 35.3 Å². The summed E-state index contributed by atoms with van der Waals surface area (Å²) >= 11 is 6.12. The number of fused-ring (bicyclic) bond motifs is 1. The predicted octanol–water partition coefficient (Wildman–Crippen LogP) is 3.53. The Morgan fingerprint density at radius 1 is 1.14 bits per heavy atom. The van der Waals surface area contributed by atoms with Crippen LogP contribution in [0.25, 0.3) is 10.8 Å². The molecule has 2 aromatic heterocycles. The van der Waals surface area contributed by atoms with Gasteiger partial charge in [0, 0.05) is 41.4 Å². The molecule has 3 heterocycles. The number of carbonyl (C=O) groups excluding carboxylic acids is 1. The molecule has 1 amide bonds. The molecule has 0 radical (unpaired) electrons. The van der Waals surface area contributed by atoms with Gasteiger partial charge in [-0.3, -0.25) is 9.59 Å². The third-order valence-corrected chi connectivity index (χ3v) is 6.06. The minimum atomic E-state index is -0.210. The highest BCUT2D eigenvalue weighted by Gasteiger charge is 2.20. The first-order valence-electron chi connectivity index (χ1n) is 10.0. The van der Waals surface area contributed by atoms with Gasteiger partial charge in [-0.1, -0.05) is 23.7 Å². The number of benzene rings is 1. The van der Waals surface area contributed by atoms with Crippen LogP contribution >= 0.6 is 11.6 Å². The third-order valence-electron chi connectivity index (χ3n) is 5.83. The van der Waals surface area contributed by atoms with Gasteiger partial charge < -0.3 is 9.47 Å². The highest BCUT2D eigenvalue weighted by molar-refractivity contribution is 6.30. The molecule has 1 aromatic carbocycles. The number of nitrogens with zero attached hydrogens (tertiary/aromatic N) is 4. The summed E-state index contributed by atoms with van der Waals surface area (Å²) in [6.45, 7) is 6.09. The van der Waals surface area contributed by atoms with Gasteiger partial charge in [-0.15, -0.1) is 0 Å². The Morgan fingerprint density at radius 3 is 2.62 bits per heavy atom. The molecule has 7 heteroatoms. The minimum Gasteiger partial charge on any atom is -0.343 e. The number of piperidine rings is 1. The summed E-state index contributed by atoms with van der Waals surface area (Å²) in [5.74, 6) is -0.0358. The number of aryl methyl sites for hydroxylation is 2. The Bertz CT molecular complexity index is 1130. The molecular weight excluding hydrogens is 388 g/mol. The van der Waals surface area contributed by atoms with Crippen molar-refractivity contribution in [2.75, 3.05) is 13.1 Å². The molecule has 0 atom stereocenters. The first-order chi connectivity index (χ1) is 14.0. The minimum absolute atomic E-state index is 0.00721. The zero-order valence-electron chi connectivity index (χ0n) is 16.8. The SMILES string of the molecule is Cc1c2cnn(CC(=O)N3CCCCC3)c(=O)c2c(C)n1Cc1cccc(Cl)c1. The number of aromatic nitrogens is 3. The van der Waals surface area contributed by atoms with Crippen LogP contribution in [0.2, 0.25) is 5.02 Å². The van der Waals surface area contributed by atoms with E-state index < -0.39 is 0 Å². The van der Waals surface area contributed by atoms with Crippen LogP contribution in [0.5, 0.6) is 0 Å². The van der Waals surface area contributed by atoms with Crippen molar-refractivity contribution in [3.63, 3.8) is 0 Å². The van der Waals surface area contributed by atoms with E-state index in [-0.39, 0.29) is 18.0 Å². The first-order valence-corrected chi connectivity index (χ1v) is 10.4. The first kappa shape index (κ1) is 19.7. The summed E-state index contributed by atoms with van der Waals surface area (Å²) in [4.78, 5) is 27.6. The fraction of sp³-hybridized carbons (Fsp3) is 0.409. The second-order valence-electron chi connectivity index (χ2n) is 7.72. The van der Waals surface area contributed by atoms with Gasteiger partial charge in [-0.05, 0) is 50.8 Å². The average Bonchev–Trinajstić information content (AvgIpc) is 2.96. The molecule has 1 aliphatic rings. The molecule has 0 saturated carbocycles. The summed E-state index contributed by atoms with van der Waals surface area (Å²) in [5.41, 5.74) is 2.72. The average molecular weight is 413 g/mol. The van der Waals surface area contributed by atoms with Crippen molar-refractivity contribution in [3.05, 3.63) is 62.8 Å². The second kappa shape index (κ2) is 8.03. The number of amides is 1. The molecule has 1 aliphatic heterocycles. The standard InChI is InChI=1S/C22H25ClN4O2/c1-15-19-12-24-27(14-20(28)25-9-4-3-5-10-25)22(29)21(19)16(2)26(15)13-17-7-6-8-18(23)11-17/h6-8,11-12H,3-5,9-10,13-14H2,1-2H3. The van der Waals surface area contributed by atoms with Crippen molar-refractivity contribution >= 4 is 28.3 Å².